The highest BCUT2D eigenvalue weighted by molar-refractivity contribution is 5.78. The highest BCUT2D eigenvalue weighted by atomic mass is 16.5. The van der Waals surface area contributed by atoms with Crippen LogP contribution < -0.4 is 4.74 Å². The maximum Gasteiger partial charge on any atom is 0.260 e. The second kappa shape index (κ2) is 8.00. The summed E-state index contributed by atoms with van der Waals surface area (Å²) in [6.45, 7) is 3.23. The number of likely N-dealkylation sites (N-methyl/N-ethyl adjacent to an activating group) is 1. The van der Waals surface area contributed by atoms with Crippen LogP contribution in [0.1, 0.15) is 18.4 Å². The van der Waals surface area contributed by atoms with Crippen LogP contribution in [0.2, 0.25) is 0 Å². The molecule has 1 heterocycles. The van der Waals surface area contributed by atoms with Gasteiger partial charge in [0, 0.05) is 31.7 Å². The van der Waals surface area contributed by atoms with Gasteiger partial charge < -0.3 is 14.7 Å². The first-order valence-electron chi connectivity index (χ1n) is 7.48. The summed E-state index contributed by atoms with van der Waals surface area (Å²) >= 11 is 0. The largest absolute Gasteiger partial charge is 0.483 e. The van der Waals surface area contributed by atoms with Crippen molar-refractivity contribution in [3.05, 3.63) is 29.8 Å². The Kier molecular flexibility index (Phi) is 6.02. The molecule has 2 rings (SSSR count). The first-order chi connectivity index (χ1) is 10.2. The Morgan fingerprint density at radius 2 is 2.05 bits per heavy atom. The Morgan fingerprint density at radius 3 is 2.76 bits per heavy atom. The Hall–Kier alpha value is -1.59. The van der Waals surface area contributed by atoms with Gasteiger partial charge in [-0.15, -0.1) is 0 Å². The molecule has 1 aliphatic heterocycles. The first-order valence-corrected chi connectivity index (χ1v) is 7.48. The van der Waals surface area contributed by atoms with Crippen LogP contribution >= 0.6 is 0 Å². The Labute approximate surface area is 126 Å². The number of benzene rings is 1. The lowest BCUT2D eigenvalue weighted by molar-refractivity contribution is -0.132. The van der Waals surface area contributed by atoms with Crippen molar-refractivity contribution in [2.24, 2.45) is 0 Å². The zero-order chi connectivity index (χ0) is 15.1. The van der Waals surface area contributed by atoms with Crippen LogP contribution in [-0.4, -0.2) is 60.7 Å². The van der Waals surface area contributed by atoms with Gasteiger partial charge in [0.2, 0.25) is 0 Å². The minimum Gasteiger partial charge on any atom is -0.483 e. The van der Waals surface area contributed by atoms with Crippen LogP contribution in [0.4, 0.5) is 0 Å². The summed E-state index contributed by atoms with van der Waals surface area (Å²) in [6, 6.07) is 7.74. The molecule has 116 valence electrons. The van der Waals surface area contributed by atoms with Gasteiger partial charge in [0.15, 0.2) is 6.61 Å². The van der Waals surface area contributed by atoms with Crippen molar-refractivity contribution < 1.29 is 14.6 Å². The molecule has 1 aliphatic rings. The number of aliphatic hydroxyl groups is 1. The molecule has 0 saturated carbocycles. The molecule has 1 aromatic carbocycles. The van der Waals surface area contributed by atoms with E-state index < -0.39 is 0 Å². The fourth-order valence-corrected chi connectivity index (χ4v) is 2.51. The summed E-state index contributed by atoms with van der Waals surface area (Å²) in [5.74, 6) is 0.806. The van der Waals surface area contributed by atoms with Crippen molar-refractivity contribution in [1.29, 1.82) is 0 Å². The first kappa shape index (κ1) is 15.8. The van der Waals surface area contributed by atoms with E-state index in [1.54, 1.807) is 0 Å². The SMILES string of the molecule is CN(CCO)Cc1ccccc1OCC(=O)N1CCCC1. The lowest BCUT2D eigenvalue weighted by Crippen LogP contribution is -2.32. The van der Waals surface area contributed by atoms with Crippen molar-refractivity contribution in [3.8, 4) is 5.75 Å². The Balaban J connectivity index is 1.91. The summed E-state index contributed by atoms with van der Waals surface area (Å²) in [7, 11) is 1.95. The van der Waals surface area contributed by atoms with Crippen LogP contribution in [-0.2, 0) is 11.3 Å². The van der Waals surface area contributed by atoms with Crippen LogP contribution in [0.3, 0.4) is 0 Å². The molecule has 1 fully saturated rings. The zero-order valence-electron chi connectivity index (χ0n) is 12.6. The van der Waals surface area contributed by atoms with E-state index in [2.05, 4.69) is 0 Å². The normalized spacial score (nSPS) is 14.7. The Bertz CT molecular complexity index is 459. The number of para-hydroxylation sites is 1. The van der Waals surface area contributed by atoms with Crippen LogP contribution in [0.25, 0.3) is 0 Å². The van der Waals surface area contributed by atoms with Crippen LogP contribution in [0.15, 0.2) is 24.3 Å². The van der Waals surface area contributed by atoms with E-state index in [-0.39, 0.29) is 19.1 Å². The molecule has 0 radical (unpaired) electrons. The van der Waals surface area contributed by atoms with Crippen molar-refractivity contribution >= 4 is 5.91 Å². The van der Waals surface area contributed by atoms with Gasteiger partial charge in [0.05, 0.1) is 6.61 Å². The second-order valence-electron chi connectivity index (χ2n) is 5.45. The molecule has 0 aliphatic carbocycles. The average molecular weight is 292 g/mol. The van der Waals surface area contributed by atoms with E-state index in [0.717, 1.165) is 37.2 Å². The zero-order valence-corrected chi connectivity index (χ0v) is 12.6. The second-order valence-corrected chi connectivity index (χ2v) is 5.45. The summed E-state index contributed by atoms with van der Waals surface area (Å²) < 4.78 is 5.71. The molecule has 0 bridgehead atoms. The third kappa shape index (κ3) is 4.72. The van der Waals surface area contributed by atoms with Crippen molar-refractivity contribution in [2.45, 2.75) is 19.4 Å². The van der Waals surface area contributed by atoms with E-state index in [1.807, 2.05) is 41.1 Å². The van der Waals surface area contributed by atoms with Crippen LogP contribution in [0.5, 0.6) is 5.75 Å². The molecule has 5 nitrogen and oxygen atoms in total. The Morgan fingerprint density at radius 1 is 1.33 bits per heavy atom. The molecular weight excluding hydrogens is 268 g/mol. The molecule has 0 atom stereocenters. The maximum absolute atomic E-state index is 12.0. The van der Waals surface area contributed by atoms with E-state index in [9.17, 15) is 4.79 Å². The fraction of sp³-hybridized carbons (Fsp3) is 0.562. The molecule has 1 saturated heterocycles. The van der Waals surface area contributed by atoms with E-state index in [4.69, 9.17) is 9.84 Å². The van der Waals surface area contributed by atoms with Crippen molar-refractivity contribution in [1.82, 2.24) is 9.80 Å². The highest BCUT2D eigenvalue weighted by Crippen LogP contribution is 2.19. The van der Waals surface area contributed by atoms with Gasteiger partial charge in [-0.3, -0.25) is 9.69 Å². The number of hydrogen-bond acceptors (Lipinski definition) is 4. The minimum absolute atomic E-state index is 0.0611. The molecule has 0 unspecified atom stereocenters. The van der Waals surface area contributed by atoms with Gasteiger partial charge in [0.1, 0.15) is 5.75 Å². The number of nitrogens with zero attached hydrogens (tertiary/aromatic N) is 2. The van der Waals surface area contributed by atoms with Gasteiger partial charge in [-0.1, -0.05) is 18.2 Å². The van der Waals surface area contributed by atoms with Gasteiger partial charge in [0.25, 0.3) is 5.91 Å². The molecule has 1 aromatic rings. The number of hydrogen-bond donors (Lipinski definition) is 1. The topological polar surface area (TPSA) is 53.0 Å². The number of aliphatic hydroxyl groups excluding tert-OH is 1. The number of rotatable bonds is 7. The molecular formula is C16H24N2O3. The molecule has 21 heavy (non-hydrogen) atoms. The standard InChI is InChI=1S/C16H24N2O3/c1-17(10-11-19)12-14-6-2-3-7-15(14)21-13-16(20)18-8-4-5-9-18/h2-3,6-7,19H,4-5,8-13H2,1H3. The van der Waals surface area contributed by atoms with Gasteiger partial charge in [-0.25, -0.2) is 0 Å². The van der Waals surface area contributed by atoms with Crippen molar-refractivity contribution in [2.75, 3.05) is 39.9 Å². The summed E-state index contributed by atoms with van der Waals surface area (Å²) in [4.78, 5) is 15.9. The van der Waals surface area contributed by atoms with E-state index in [1.165, 1.54) is 0 Å². The number of ether oxygens (including phenoxy) is 1. The van der Waals surface area contributed by atoms with Gasteiger partial charge in [-0.05, 0) is 26.0 Å². The predicted molar refractivity (Wildman–Crippen MR) is 81.2 cm³/mol. The molecule has 5 heteroatoms. The predicted octanol–water partition coefficient (Wildman–Crippen LogP) is 1.11. The molecule has 0 aromatic heterocycles. The summed E-state index contributed by atoms with van der Waals surface area (Å²) in [6.07, 6.45) is 2.18. The van der Waals surface area contributed by atoms with E-state index >= 15 is 0 Å². The maximum atomic E-state index is 12.0. The smallest absolute Gasteiger partial charge is 0.260 e. The lowest BCUT2D eigenvalue weighted by Gasteiger charge is -2.19. The summed E-state index contributed by atoms with van der Waals surface area (Å²) in [5.41, 5.74) is 1.03. The third-order valence-electron chi connectivity index (χ3n) is 3.70. The number of carbonyl (C=O) groups is 1. The van der Waals surface area contributed by atoms with Gasteiger partial charge >= 0.3 is 0 Å². The molecule has 0 spiro atoms. The minimum atomic E-state index is 0.0611. The monoisotopic (exact) mass is 292 g/mol. The summed E-state index contributed by atoms with van der Waals surface area (Å²) in [5, 5.41) is 8.96. The number of amides is 1. The van der Waals surface area contributed by atoms with E-state index in [0.29, 0.717) is 13.1 Å². The lowest BCUT2D eigenvalue weighted by atomic mass is 10.2. The molecule has 1 amide bonds. The average Bonchev–Trinajstić information content (AvgIpc) is 3.00. The van der Waals surface area contributed by atoms with Crippen molar-refractivity contribution in [3.63, 3.8) is 0 Å². The number of likely N-dealkylation sites (tertiary alicyclic amines) is 1. The highest BCUT2D eigenvalue weighted by Gasteiger charge is 2.18. The van der Waals surface area contributed by atoms with Gasteiger partial charge in [-0.2, -0.15) is 0 Å². The van der Waals surface area contributed by atoms with Crippen LogP contribution in [0, 0.1) is 0 Å². The fourth-order valence-electron chi connectivity index (χ4n) is 2.51. The number of carbonyl (C=O) groups excluding carboxylic acids is 1. The third-order valence-corrected chi connectivity index (χ3v) is 3.70. The quantitative estimate of drug-likeness (QED) is 0.818. The molecule has 1 N–H and O–H groups in total.